The zero-order chi connectivity index (χ0) is 20.5. The van der Waals surface area contributed by atoms with Crippen LogP contribution in [0.15, 0.2) is 18.2 Å². The van der Waals surface area contributed by atoms with Crippen molar-refractivity contribution in [3.8, 4) is 0 Å². The maximum Gasteiger partial charge on any atom is 0.142 e. The first-order chi connectivity index (χ1) is 14.2. The number of hydrogen-bond acceptors (Lipinski definition) is 0. The summed E-state index contributed by atoms with van der Waals surface area (Å²) in [5.74, 6) is 2.80. The van der Waals surface area contributed by atoms with E-state index in [1.165, 1.54) is 64.2 Å². The summed E-state index contributed by atoms with van der Waals surface area (Å²) in [4.78, 5) is 0. The van der Waals surface area contributed by atoms with Crippen molar-refractivity contribution in [3.05, 3.63) is 34.6 Å². The molecule has 1 aliphatic carbocycles. The molecular formula is C26H42ClFSi. The zero-order valence-electron chi connectivity index (χ0n) is 18.6. The Bertz CT molecular complexity index is 588. The highest BCUT2D eigenvalue weighted by molar-refractivity contribution is 6.58. The van der Waals surface area contributed by atoms with Crippen molar-refractivity contribution in [3.63, 3.8) is 0 Å². The van der Waals surface area contributed by atoms with Gasteiger partial charge in [-0.1, -0.05) is 101 Å². The molecule has 0 unspecified atom stereocenters. The van der Waals surface area contributed by atoms with Crippen LogP contribution in [0.3, 0.4) is 0 Å². The van der Waals surface area contributed by atoms with E-state index in [4.69, 9.17) is 11.6 Å². The molecule has 164 valence electrons. The number of unbranched alkanes of at least 4 members (excludes halogenated alkanes) is 3. The largest absolute Gasteiger partial charge is 0.205 e. The number of halogens is 2. The molecule has 1 aliphatic heterocycles. The Hall–Kier alpha value is -0.343. The Kier molecular flexibility index (Phi) is 10.1. The normalized spacial score (nSPS) is 27.8. The quantitative estimate of drug-likeness (QED) is 0.253. The molecular weight excluding hydrogens is 395 g/mol. The minimum Gasteiger partial charge on any atom is -0.205 e. The summed E-state index contributed by atoms with van der Waals surface area (Å²) < 4.78 is 13.5. The smallest absolute Gasteiger partial charge is 0.142 e. The summed E-state index contributed by atoms with van der Waals surface area (Å²) in [5.41, 5.74) is 1.09. The van der Waals surface area contributed by atoms with E-state index in [2.05, 4.69) is 6.92 Å². The van der Waals surface area contributed by atoms with Gasteiger partial charge in [0.1, 0.15) is 5.82 Å². The number of hydrogen-bond donors (Lipinski definition) is 0. The highest BCUT2D eigenvalue weighted by Crippen LogP contribution is 2.42. The topological polar surface area (TPSA) is 0 Å². The average Bonchev–Trinajstić information content (AvgIpc) is 2.75. The summed E-state index contributed by atoms with van der Waals surface area (Å²) in [5, 5.41) is 0.234. The first-order valence-electron chi connectivity index (χ1n) is 12.6. The van der Waals surface area contributed by atoms with Crippen molar-refractivity contribution in [1.82, 2.24) is 0 Å². The van der Waals surface area contributed by atoms with E-state index in [0.29, 0.717) is 0 Å². The molecule has 3 heteroatoms. The lowest BCUT2D eigenvalue weighted by Gasteiger charge is -2.37. The van der Waals surface area contributed by atoms with Crippen LogP contribution in [0.25, 0.3) is 0 Å². The number of benzene rings is 1. The minimum atomic E-state index is -0.345. The van der Waals surface area contributed by atoms with Gasteiger partial charge in [0, 0.05) is 8.80 Å². The highest BCUT2D eigenvalue weighted by Gasteiger charge is 2.30. The third-order valence-electron chi connectivity index (χ3n) is 7.98. The molecule has 2 aliphatic rings. The van der Waals surface area contributed by atoms with Gasteiger partial charge in [0.25, 0.3) is 0 Å². The van der Waals surface area contributed by atoms with E-state index in [1.54, 1.807) is 43.1 Å². The summed E-state index contributed by atoms with van der Waals surface area (Å²) in [6.45, 7) is 2.33. The van der Waals surface area contributed by atoms with Crippen molar-refractivity contribution in [2.75, 3.05) is 0 Å². The van der Waals surface area contributed by atoms with E-state index in [9.17, 15) is 4.39 Å². The Balaban J connectivity index is 1.26. The number of aryl methyl sites for hydroxylation is 1. The second-order valence-electron chi connectivity index (χ2n) is 10.1. The molecule has 29 heavy (non-hydrogen) atoms. The van der Waals surface area contributed by atoms with Crippen LogP contribution in [0.2, 0.25) is 23.2 Å². The molecule has 3 rings (SSSR count). The van der Waals surface area contributed by atoms with Crippen LogP contribution in [0.5, 0.6) is 0 Å². The van der Waals surface area contributed by atoms with Crippen LogP contribution in [0.4, 0.5) is 4.39 Å². The molecule has 0 N–H and O–H groups in total. The van der Waals surface area contributed by atoms with Crippen LogP contribution in [-0.4, -0.2) is 8.80 Å². The summed E-state index contributed by atoms with van der Waals surface area (Å²) in [6.07, 6.45) is 18.3. The van der Waals surface area contributed by atoms with Crippen LogP contribution < -0.4 is 0 Å². The van der Waals surface area contributed by atoms with Crippen LogP contribution >= 0.6 is 11.6 Å². The Morgan fingerprint density at radius 2 is 1.66 bits per heavy atom. The van der Waals surface area contributed by atoms with E-state index in [-0.39, 0.29) is 19.6 Å². The summed E-state index contributed by atoms with van der Waals surface area (Å²) in [6, 6.07) is 10.2. The highest BCUT2D eigenvalue weighted by atomic mass is 35.5. The van der Waals surface area contributed by atoms with E-state index in [0.717, 1.165) is 29.7 Å². The van der Waals surface area contributed by atoms with Gasteiger partial charge >= 0.3 is 0 Å². The maximum absolute atomic E-state index is 13.5. The van der Waals surface area contributed by atoms with Crippen molar-refractivity contribution >= 4 is 20.4 Å². The van der Waals surface area contributed by atoms with Crippen LogP contribution in [0.1, 0.15) is 89.5 Å². The molecule has 1 saturated carbocycles. The van der Waals surface area contributed by atoms with Crippen molar-refractivity contribution in [2.24, 2.45) is 17.8 Å². The Morgan fingerprint density at radius 1 is 0.931 bits per heavy atom. The van der Waals surface area contributed by atoms with Gasteiger partial charge in [0.05, 0.1) is 5.02 Å². The molecule has 1 saturated heterocycles. The second-order valence-corrected chi connectivity index (χ2v) is 13.9. The van der Waals surface area contributed by atoms with Gasteiger partial charge in [-0.2, -0.15) is 0 Å². The lowest BCUT2D eigenvalue weighted by atomic mass is 9.73. The van der Waals surface area contributed by atoms with Crippen molar-refractivity contribution < 1.29 is 4.39 Å². The Morgan fingerprint density at radius 3 is 2.34 bits per heavy atom. The molecule has 0 radical (unpaired) electrons. The predicted octanol–water partition coefficient (Wildman–Crippen LogP) is 8.83. The molecule has 2 fully saturated rings. The standard InChI is InChI=1S/C26H42ClFSi/c1-2-3-6-17-29-18-15-24(16-19-29)23-12-9-21(10-13-23)7-4-5-8-22-11-14-25(27)26(28)20-22/h11,14,20-21,23-24,29H,2-10,12-13,15-19H2,1H3/t21-,23-,24?,29?. The fourth-order valence-corrected chi connectivity index (χ4v) is 9.69. The first-order valence-corrected chi connectivity index (χ1v) is 15.4. The molecule has 0 nitrogen and oxygen atoms in total. The van der Waals surface area contributed by atoms with Crippen LogP contribution in [0, 0.1) is 23.6 Å². The third-order valence-corrected chi connectivity index (χ3v) is 11.8. The lowest BCUT2D eigenvalue weighted by molar-refractivity contribution is 0.184. The summed E-state index contributed by atoms with van der Waals surface area (Å²) in [7, 11) is -0.345. The fraction of sp³-hybridized carbons (Fsp3) is 0.769. The monoisotopic (exact) mass is 436 g/mol. The lowest BCUT2D eigenvalue weighted by Crippen LogP contribution is -2.28. The van der Waals surface area contributed by atoms with Gasteiger partial charge in [0.15, 0.2) is 0 Å². The predicted molar refractivity (Wildman–Crippen MR) is 128 cm³/mol. The first kappa shape index (κ1) is 23.3. The van der Waals surface area contributed by atoms with E-state index in [1.807, 2.05) is 6.07 Å². The van der Waals surface area contributed by atoms with E-state index >= 15 is 0 Å². The second kappa shape index (κ2) is 12.5. The van der Waals surface area contributed by atoms with Crippen molar-refractivity contribution in [1.29, 1.82) is 0 Å². The number of rotatable bonds is 10. The average molecular weight is 437 g/mol. The molecule has 1 heterocycles. The molecule has 1 aromatic carbocycles. The van der Waals surface area contributed by atoms with Gasteiger partial charge in [-0.25, -0.2) is 4.39 Å². The van der Waals surface area contributed by atoms with Gasteiger partial charge in [-0.15, -0.1) is 0 Å². The third kappa shape index (κ3) is 7.69. The molecule has 0 amide bonds. The molecule has 0 aromatic heterocycles. The summed E-state index contributed by atoms with van der Waals surface area (Å²) >= 11 is 5.77. The van der Waals surface area contributed by atoms with Crippen LogP contribution in [-0.2, 0) is 6.42 Å². The molecule has 0 bridgehead atoms. The molecule has 1 aromatic rings. The maximum atomic E-state index is 13.5. The van der Waals surface area contributed by atoms with Gasteiger partial charge in [0.2, 0.25) is 0 Å². The minimum absolute atomic E-state index is 0.234. The zero-order valence-corrected chi connectivity index (χ0v) is 20.5. The SMILES string of the molecule is CCCCC[SiH]1CCC([C@H]2CC[C@H](CCCCc3ccc(Cl)c(F)c3)CC2)CC1. The molecule has 0 spiro atoms. The van der Waals surface area contributed by atoms with Gasteiger partial charge < -0.3 is 0 Å². The van der Waals surface area contributed by atoms with Gasteiger partial charge in [-0.3, -0.25) is 0 Å². The Labute approximate surface area is 185 Å². The van der Waals surface area contributed by atoms with E-state index < -0.39 is 0 Å². The fourth-order valence-electron chi connectivity index (χ4n) is 6.04. The molecule has 0 atom stereocenters. The van der Waals surface area contributed by atoms with Gasteiger partial charge in [-0.05, 0) is 61.1 Å². The van der Waals surface area contributed by atoms with Crippen molar-refractivity contribution in [2.45, 2.75) is 109 Å².